The van der Waals surface area contributed by atoms with Crippen molar-refractivity contribution in [3.05, 3.63) is 35.4 Å². The Morgan fingerprint density at radius 2 is 1.84 bits per heavy atom. The van der Waals surface area contributed by atoms with Crippen LogP contribution in [0.5, 0.6) is 0 Å². The van der Waals surface area contributed by atoms with Crippen molar-refractivity contribution in [3.63, 3.8) is 0 Å². The van der Waals surface area contributed by atoms with Gasteiger partial charge in [0, 0.05) is 6.04 Å². The number of aliphatic hydroxyl groups excluding tert-OH is 1. The molecule has 2 atom stereocenters. The van der Waals surface area contributed by atoms with E-state index in [1.165, 1.54) is 12.1 Å². The summed E-state index contributed by atoms with van der Waals surface area (Å²) in [5.41, 5.74) is 0.938. The van der Waals surface area contributed by atoms with E-state index in [2.05, 4.69) is 17.6 Å². The van der Waals surface area contributed by atoms with Crippen LogP contribution in [0.1, 0.15) is 48.5 Å². The van der Waals surface area contributed by atoms with E-state index in [4.69, 9.17) is 9.84 Å². The lowest BCUT2D eigenvalue weighted by Gasteiger charge is -2.29. The van der Waals surface area contributed by atoms with Gasteiger partial charge in [0.05, 0.1) is 12.2 Å². The Morgan fingerprint density at radius 1 is 1.16 bits per heavy atom. The number of benzene rings is 1. The van der Waals surface area contributed by atoms with Crippen LogP contribution in [-0.4, -0.2) is 35.7 Å². The molecule has 1 aromatic rings. The van der Waals surface area contributed by atoms with Crippen LogP contribution in [0.15, 0.2) is 24.3 Å². The molecule has 7 nitrogen and oxygen atoms in total. The van der Waals surface area contributed by atoms with Gasteiger partial charge in [0.2, 0.25) is 0 Å². The second-order valence-electron chi connectivity index (χ2n) is 6.32. The number of aliphatic hydroxyl groups is 1. The van der Waals surface area contributed by atoms with Gasteiger partial charge in [0.25, 0.3) is 5.91 Å². The van der Waals surface area contributed by atoms with E-state index in [-0.39, 0.29) is 18.2 Å². The molecule has 0 saturated heterocycles. The molecule has 0 aliphatic heterocycles. The number of carbonyl (C=O) groups is 3. The smallest absolute Gasteiger partial charge is 0.338 e. The number of urea groups is 1. The molecule has 3 N–H and O–H groups in total. The normalized spacial score (nSPS) is 19.8. The minimum absolute atomic E-state index is 0.0640. The van der Waals surface area contributed by atoms with Crippen molar-refractivity contribution in [3.8, 4) is 0 Å². The highest BCUT2D eigenvalue weighted by molar-refractivity contribution is 5.97. The number of imide groups is 1. The lowest BCUT2D eigenvalue weighted by molar-refractivity contribution is -0.123. The summed E-state index contributed by atoms with van der Waals surface area (Å²) < 4.78 is 4.88. The van der Waals surface area contributed by atoms with Gasteiger partial charge in [-0.05, 0) is 36.5 Å². The summed E-state index contributed by atoms with van der Waals surface area (Å²) in [5, 5.41) is 13.9. The first kappa shape index (κ1) is 18.9. The molecule has 1 aliphatic rings. The van der Waals surface area contributed by atoms with E-state index < -0.39 is 24.5 Å². The number of amides is 3. The largest absolute Gasteiger partial charge is 0.452 e. The Bertz CT molecular complexity index is 614. The molecule has 1 fully saturated rings. The summed E-state index contributed by atoms with van der Waals surface area (Å²) in [6, 6.07) is 5.69. The van der Waals surface area contributed by atoms with Gasteiger partial charge in [-0.3, -0.25) is 10.1 Å². The molecular formula is C18H24N2O5. The molecule has 0 heterocycles. The van der Waals surface area contributed by atoms with Crippen molar-refractivity contribution in [1.29, 1.82) is 0 Å². The highest BCUT2D eigenvalue weighted by Gasteiger charge is 2.23. The van der Waals surface area contributed by atoms with E-state index >= 15 is 0 Å². The quantitative estimate of drug-likeness (QED) is 0.703. The zero-order chi connectivity index (χ0) is 18.2. The monoisotopic (exact) mass is 348 g/mol. The number of esters is 1. The number of ether oxygens (including phenoxy) is 1. The fourth-order valence-corrected chi connectivity index (χ4v) is 2.86. The van der Waals surface area contributed by atoms with E-state index in [1.54, 1.807) is 12.1 Å². The summed E-state index contributed by atoms with van der Waals surface area (Å²) in [6.45, 7) is 1.43. The molecule has 0 unspecified atom stereocenters. The van der Waals surface area contributed by atoms with Crippen LogP contribution in [0.2, 0.25) is 0 Å². The van der Waals surface area contributed by atoms with Gasteiger partial charge in [0.15, 0.2) is 6.61 Å². The lowest BCUT2D eigenvalue weighted by atomic mass is 9.86. The Hall–Kier alpha value is -2.41. The second kappa shape index (κ2) is 9.17. The topological polar surface area (TPSA) is 105 Å². The fraction of sp³-hybridized carbons (Fsp3) is 0.500. The number of hydrogen-bond donors (Lipinski definition) is 3. The van der Waals surface area contributed by atoms with Crippen LogP contribution in [0, 0.1) is 5.92 Å². The first-order valence-corrected chi connectivity index (χ1v) is 8.47. The maximum absolute atomic E-state index is 11.8. The number of hydrogen-bond acceptors (Lipinski definition) is 5. The highest BCUT2D eigenvalue weighted by Crippen LogP contribution is 2.23. The van der Waals surface area contributed by atoms with Gasteiger partial charge in [0.1, 0.15) is 0 Å². The van der Waals surface area contributed by atoms with Gasteiger partial charge in [-0.15, -0.1) is 0 Å². The molecule has 0 aromatic heterocycles. The number of nitrogens with one attached hydrogen (secondary N) is 2. The van der Waals surface area contributed by atoms with Crippen molar-refractivity contribution < 1.29 is 24.2 Å². The summed E-state index contributed by atoms with van der Waals surface area (Å²) in [5.74, 6) is -0.962. The predicted molar refractivity (Wildman–Crippen MR) is 90.7 cm³/mol. The Kier molecular flexibility index (Phi) is 6.94. The third-order valence-electron chi connectivity index (χ3n) is 4.39. The average Bonchev–Trinajstić information content (AvgIpc) is 2.61. The maximum atomic E-state index is 11.8. The molecule has 7 heteroatoms. The number of carbonyl (C=O) groups excluding carboxylic acids is 3. The van der Waals surface area contributed by atoms with Crippen molar-refractivity contribution >= 4 is 17.9 Å². The minimum atomic E-state index is -0.679. The van der Waals surface area contributed by atoms with Crippen LogP contribution in [-0.2, 0) is 16.1 Å². The predicted octanol–water partition coefficient (Wildman–Crippen LogP) is 1.74. The summed E-state index contributed by atoms with van der Waals surface area (Å²) in [6.07, 6.45) is 4.19. The Labute approximate surface area is 146 Å². The summed E-state index contributed by atoms with van der Waals surface area (Å²) >= 11 is 0. The van der Waals surface area contributed by atoms with Gasteiger partial charge >= 0.3 is 12.0 Å². The summed E-state index contributed by atoms with van der Waals surface area (Å²) in [7, 11) is 0. The van der Waals surface area contributed by atoms with Gasteiger partial charge in [-0.25, -0.2) is 9.59 Å². The summed E-state index contributed by atoms with van der Waals surface area (Å²) in [4.78, 5) is 35.4. The Morgan fingerprint density at radius 3 is 2.48 bits per heavy atom. The van der Waals surface area contributed by atoms with Crippen LogP contribution in [0.25, 0.3) is 0 Å². The zero-order valence-corrected chi connectivity index (χ0v) is 14.3. The van der Waals surface area contributed by atoms with Crippen LogP contribution in [0.4, 0.5) is 4.79 Å². The van der Waals surface area contributed by atoms with Gasteiger partial charge < -0.3 is 15.2 Å². The first-order chi connectivity index (χ1) is 12.0. The second-order valence-corrected chi connectivity index (χ2v) is 6.32. The molecule has 0 radical (unpaired) electrons. The standard InChI is InChI=1S/C18H24N2O5/c1-12-4-2-3-5-15(12)19-18(24)20-16(22)11-25-17(23)14-8-6-13(10-21)7-9-14/h6-9,12,15,21H,2-5,10-11H2,1H3,(H2,19,20,22,24)/t12-,15-/m1/s1. The fourth-order valence-electron chi connectivity index (χ4n) is 2.86. The molecule has 25 heavy (non-hydrogen) atoms. The first-order valence-electron chi connectivity index (χ1n) is 8.47. The van der Waals surface area contributed by atoms with E-state index in [1.807, 2.05) is 0 Å². The zero-order valence-electron chi connectivity index (χ0n) is 14.3. The number of rotatable bonds is 5. The van der Waals surface area contributed by atoms with E-state index in [9.17, 15) is 14.4 Å². The lowest BCUT2D eigenvalue weighted by Crippen LogP contribution is -2.48. The van der Waals surface area contributed by atoms with Crippen molar-refractivity contribution in [2.24, 2.45) is 5.92 Å². The molecule has 3 amide bonds. The highest BCUT2D eigenvalue weighted by atomic mass is 16.5. The van der Waals surface area contributed by atoms with Crippen LogP contribution < -0.4 is 10.6 Å². The third kappa shape index (κ3) is 5.86. The van der Waals surface area contributed by atoms with Gasteiger partial charge in [-0.2, -0.15) is 0 Å². The van der Waals surface area contributed by atoms with Crippen LogP contribution in [0.3, 0.4) is 0 Å². The Balaban J connectivity index is 1.73. The molecule has 2 rings (SSSR count). The van der Waals surface area contributed by atoms with E-state index in [0.717, 1.165) is 25.7 Å². The third-order valence-corrected chi connectivity index (χ3v) is 4.39. The molecule has 0 bridgehead atoms. The molecular weight excluding hydrogens is 324 g/mol. The van der Waals surface area contributed by atoms with Crippen molar-refractivity contribution in [2.45, 2.75) is 45.3 Å². The van der Waals surface area contributed by atoms with Gasteiger partial charge in [-0.1, -0.05) is 31.9 Å². The maximum Gasteiger partial charge on any atom is 0.338 e. The molecule has 1 saturated carbocycles. The SMILES string of the molecule is C[C@@H]1CCCC[C@H]1NC(=O)NC(=O)COC(=O)c1ccc(CO)cc1. The molecule has 136 valence electrons. The van der Waals surface area contributed by atoms with Crippen molar-refractivity contribution in [1.82, 2.24) is 10.6 Å². The average molecular weight is 348 g/mol. The molecule has 1 aliphatic carbocycles. The molecule has 1 aromatic carbocycles. The van der Waals surface area contributed by atoms with Crippen LogP contribution >= 0.6 is 0 Å². The van der Waals surface area contributed by atoms with Crippen molar-refractivity contribution in [2.75, 3.05) is 6.61 Å². The molecule has 0 spiro atoms. The minimum Gasteiger partial charge on any atom is -0.452 e. The van der Waals surface area contributed by atoms with E-state index in [0.29, 0.717) is 11.5 Å².